The first-order valence-electron chi connectivity index (χ1n) is 11.4. The molecule has 2 N–H and O–H groups in total. The minimum Gasteiger partial charge on any atom is -0.495 e. The Balaban J connectivity index is 1.45. The molecule has 4 heterocycles. The van der Waals surface area contributed by atoms with Crippen molar-refractivity contribution in [2.75, 3.05) is 31.0 Å². The standard InChI is InChI=1S/C25H28N6O3/c1-14-11-18-13-26-25(31-22(18)24(27-14)29-19-7-9-33-10-8-19)30-20-6-5-17(12-21(20)32-4)23-15(2)28-16(3)34-23/h5-6,11-13,19H,7-10H2,1-4H3,(H,27,29)(H,26,30,31). The summed E-state index contributed by atoms with van der Waals surface area (Å²) >= 11 is 0. The lowest BCUT2D eigenvalue weighted by atomic mass is 10.1. The van der Waals surface area contributed by atoms with Crippen LogP contribution in [0.4, 0.5) is 17.5 Å². The zero-order valence-electron chi connectivity index (χ0n) is 19.8. The van der Waals surface area contributed by atoms with Gasteiger partial charge in [-0.1, -0.05) is 0 Å². The van der Waals surface area contributed by atoms with Crippen molar-refractivity contribution in [1.82, 2.24) is 19.9 Å². The first kappa shape index (κ1) is 22.1. The van der Waals surface area contributed by atoms with E-state index in [0.717, 1.165) is 71.2 Å². The van der Waals surface area contributed by atoms with E-state index in [1.165, 1.54) is 0 Å². The third-order valence-electron chi connectivity index (χ3n) is 5.87. The molecule has 1 saturated heterocycles. The lowest BCUT2D eigenvalue weighted by Crippen LogP contribution is -2.28. The molecule has 9 nitrogen and oxygen atoms in total. The predicted octanol–water partition coefficient (Wildman–Crippen LogP) is 4.95. The van der Waals surface area contributed by atoms with Crippen molar-refractivity contribution in [2.24, 2.45) is 0 Å². The zero-order chi connectivity index (χ0) is 23.7. The van der Waals surface area contributed by atoms with Crippen LogP contribution in [-0.2, 0) is 4.74 Å². The van der Waals surface area contributed by atoms with E-state index in [-0.39, 0.29) is 0 Å². The number of nitrogens with one attached hydrogen (secondary N) is 2. The molecule has 0 unspecified atom stereocenters. The molecule has 9 heteroatoms. The van der Waals surface area contributed by atoms with Gasteiger partial charge in [0.25, 0.3) is 0 Å². The van der Waals surface area contributed by atoms with E-state index in [2.05, 4.69) is 20.6 Å². The van der Waals surface area contributed by atoms with E-state index in [1.54, 1.807) is 7.11 Å². The minimum atomic E-state index is 0.313. The molecule has 0 amide bonds. The van der Waals surface area contributed by atoms with Gasteiger partial charge in [-0.15, -0.1) is 0 Å². The molecule has 0 atom stereocenters. The van der Waals surface area contributed by atoms with Gasteiger partial charge in [-0.25, -0.2) is 19.9 Å². The van der Waals surface area contributed by atoms with Crippen molar-refractivity contribution in [3.05, 3.63) is 47.7 Å². The van der Waals surface area contributed by atoms with Crippen molar-refractivity contribution >= 4 is 28.4 Å². The first-order valence-corrected chi connectivity index (χ1v) is 11.4. The molecule has 5 rings (SSSR count). The van der Waals surface area contributed by atoms with Gasteiger partial charge in [0.1, 0.15) is 11.3 Å². The highest BCUT2D eigenvalue weighted by Crippen LogP contribution is 2.34. The summed E-state index contributed by atoms with van der Waals surface area (Å²) in [4.78, 5) is 18.4. The van der Waals surface area contributed by atoms with Gasteiger partial charge in [0.2, 0.25) is 5.95 Å². The highest BCUT2D eigenvalue weighted by atomic mass is 16.5. The van der Waals surface area contributed by atoms with Gasteiger partial charge in [0, 0.05) is 49.0 Å². The Morgan fingerprint density at radius 3 is 2.59 bits per heavy atom. The number of aryl methyl sites for hydroxylation is 3. The highest BCUT2D eigenvalue weighted by molar-refractivity contribution is 5.89. The Morgan fingerprint density at radius 1 is 1.03 bits per heavy atom. The monoisotopic (exact) mass is 460 g/mol. The summed E-state index contributed by atoms with van der Waals surface area (Å²) in [5.74, 6) is 3.25. The van der Waals surface area contributed by atoms with E-state index in [9.17, 15) is 0 Å². The molecule has 1 aliphatic heterocycles. The third kappa shape index (κ3) is 4.51. The number of methoxy groups -OCH3 is 1. The summed E-state index contributed by atoms with van der Waals surface area (Å²) < 4.78 is 16.9. The molecule has 1 aromatic carbocycles. The maximum atomic E-state index is 5.76. The molecular formula is C25H28N6O3. The van der Waals surface area contributed by atoms with Gasteiger partial charge in [0.05, 0.1) is 18.5 Å². The fraction of sp³-hybridized carbons (Fsp3) is 0.360. The number of oxazole rings is 1. The largest absolute Gasteiger partial charge is 0.495 e. The van der Waals surface area contributed by atoms with Crippen LogP contribution >= 0.6 is 0 Å². The number of fused-ring (bicyclic) bond motifs is 1. The summed E-state index contributed by atoms with van der Waals surface area (Å²) in [6.45, 7) is 7.25. The molecule has 0 bridgehead atoms. The molecule has 1 aliphatic rings. The Hall–Kier alpha value is -3.72. The van der Waals surface area contributed by atoms with Crippen molar-refractivity contribution in [2.45, 2.75) is 39.7 Å². The van der Waals surface area contributed by atoms with E-state index < -0.39 is 0 Å². The van der Waals surface area contributed by atoms with Gasteiger partial charge >= 0.3 is 0 Å². The molecule has 4 aromatic rings. The Kier molecular flexibility index (Phi) is 6.02. The number of ether oxygens (including phenoxy) is 2. The fourth-order valence-corrected chi connectivity index (χ4v) is 4.22. The summed E-state index contributed by atoms with van der Waals surface area (Å²) in [6, 6.07) is 8.11. The van der Waals surface area contributed by atoms with Crippen LogP contribution in [0, 0.1) is 20.8 Å². The lowest BCUT2D eigenvalue weighted by Gasteiger charge is -2.24. The number of rotatable bonds is 6. The van der Waals surface area contributed by atoms with Crippen molar-refractivity contribution in [3.8, 4) is 17.1 Å². The number of hydrogen-bond donors (Lipinski definition) is 2. The highest BCUT2D eigenvalue weighted by Gasteiger charge is 2.18. The van der Waals surface area contributed by atoms with Gasteiger partial charge in [0.15, 0.2) is 17.5 Å². The van der Waals surface area contributed by atoms with E-state index >= 15 is 0 Å². The number of hydrogen-bond acceptors (Lipinski definition) is 9. The topological polar surface area (TPSA) is 107 Å². The van der Waals surface area contributed by atoms with Crippen LogP contribution in [-0.4, -0.2) is 46.3 Å². The smallest absolute Gasteiger partial charge is 0.227 e. The average molecular weight is 461 g/mol. The van der Waals surface area contributed by atoms with Crippen LogP contribution in [0.15, 0.2) is 34.9 Å². The second-order valence-corrected chi connectivity index (χ2v) is 8.46. The van der Waals surface area contributed by atoms with Crippen LogP contribution in [0.5, 0.6) is 5.75 Å². The normalized spacial score (nSPS) is 14.4. The van der Waals surface area contributed by atoms with E-state index in [1.807, 2.05) is 51.2 Å². The average Bonchev–Trinajstić information content (AvgIpc) is 3.18. The number of aromatic nitrogens is 4. The second-order valence-electron chi connectivity index (χ2n) is 8.46. The van der Waals surface area contributed by atoms with Crippen molar-refractivity contribution < 1.29 is 13.9 Å². The van der Waals surface area contributed by atoms with Gasteiger partial charge in [-0.2, -0.15) is 0 Å². The minimum absolute atomic E-state index is 0.313. The molecule has 0 spiro atoms. The van der Waals surface area contributed by atoms with Gasteiger partial charge in [-0.05, 0) is 51.0 Å². The first-order chi connectivity index (χ1) is 16.5. The Morgan fingerprint density at radius 2 is 1.85 bits per heavy atom. The van der Waals surface area contributed by atoms with Crippen LogP contribution in [0.3, 0.4) is 0 Å². The molecular weight excluding hydrogens is 432 g/mol. The quantitative estimate of drug-likeness (QED) is 0.413. The molecule has 1 fully saturated rings. The molecule has 34 heavy (non-hydrogen) atoms. The van der Waals surface area contributed by atoms with Gasteiger partial charge < -0.3 is 24.5 Å². The number of anilines is 3. The van der Waals surface area contributed by atoms with Crippen LogP contribution in [0.25, 0.3) is 22.2 Å². The predicted molar refractivity (Wildman–Crippen MR) is 131 cm³/mol. The number of nitrogens with zero attached hydrogens (tertiary/aromatic N) is 4. The van der Waals surface area contributed by atoms with Gasteiger partial charge in [-0.3, -0.25) is 0 Å². The molecule has 3 aromatic heterocycles. The molecule has 176 valence electrons. The molecule has 0 radical (unpaired) electrons. The summed E-state index contributed by atoms with van der Waals surface area (Å²) in [5.41, 5.74) is 4.17. The van der Waals surface area contributed by atoms with E-state index in [0.29, 0.717) is 23.6 Å². The molecule has 0 aliphatic carbocycles. The van der Waals surface area contributed by atoms with Crippen LogP contribution < -0.4 is 15.4 Å². The second kappa shape index (κ2) is 9.26. The Bertz CT molecular complexity index is 1330. The Labute approximate surface area is 198 Å². The maximum Gasteiger partial charge on any atom is 0.227 e. The summed E-state index contributed by atoms with van der Waals surface area (Å²) in [5, 5.41) is 7.79. The zero-order valence-corrected chi connectivity index (χ0v) is 19.8. The van der Waals surface area contributed by atoms with E-state index in [4.69, 9.17) is 23.9 Å². The third-order valence-corrected chi connectivity index (χ3v) is 5.87. The summed E-state index contributed by atoms with van der Waals surface area (Å²) in [7, 11) is 1.63. The number of benzene rings is 1. The fourth-order valence-electron chi connectivity index (χ4n) is 4.22. The molecule has 0 saturated carbocycles. The summed E-state index contributed by atoms with van der Waals surface area (Å²) in [6.07, 6.45) is 3.71. The SMILES string of the molecule is COc1cc(-c2oc(C)nc2C)ccc1Nc1ncc2cc(C)nc(NC3CCOCC3)c2n1. The van der Waals surface area contributed by atoms with Crippen LogP contribution in [0.1, 0.15) is 30.1 Å². The number of pyridine rings is 1. The van der Waals surface area contributed by atoms with Crippen molar-refractivity contribution in [1.29, 1.82) is 0 Å². The lowest BCUT2D eigenvalue weighted by molar-refractivity contribution is 0.0904. The van der Waals surface area contributed by atoms with Crippen LogP contribution in [0.2, 0.25) is 0 Å². The van der Waals surface area contributed by atoms with Crippen molar-refractivity contribution in [3.63, 3.8) is 0 Å². The maximum absolute atomic E-state index is 5.76.